The first-order valence-electron chi connectivity index (χ1n) is 6.80. The third-order valence-corrected chi connectivity index (χ3v) is 3.78. The molecule has 3 rings (SSSR count). The van der Waals surface area contributed by atoms with Crippen molar-refractivity contribution in [3.8, 4) is 11.5 Å². The lowest BCUT2D eigenvalue weighted by atomic mass is 9.78. The van der Waals surface area contributed by atoms with Gasteiger partial charge in [0.2, 0.25) is 0 Å². The van der Waals surface area contributed by atoms with Crippen molar-refractivity contribution >= 4 is 11.9 Å². The van der Waals surface area contributed by atoms with E-state index in [2.05, 4.69) is 0 Å². The Hall–Kier alpha value is -2.82. The molecule has 1 N–H and O–H groups in total. The summed E-state index contributed by atoms with van der Waals surface area (Å²) in [5, 5.41) is 9.54. The normalized spacial score (nSPS) is 14.2. The molecule has 0 aromatic heterocycles. The van der Waals surface area contributed by atoms with Crippen LogP contribution in [0.15, 0.2) is 48.5 Å². The number of benzene rings is 2. The minimum Gasteiger partial charge on any atom is -0.481 e. The second-order valence-electron chi connectivity index (χ2n) is 4.99. The molecule has 0 spiro atoms. The van der Waals surface area contributed by atoms with Crippen molar-refractivity contribution in [2.24, 2.45) is 5.92 Å². The lowest BCUT2D eigenvalue weighted by molar-refractivity contribution is -0.157. The van der Waals surface area contributed by atoms with E-state index in [1.807, 2.05) is 0 Å². The quantitative estimate of drug-likeness (QED) is 0.697. The molecule has 0 radical (unpaired) electrons. The van der Waals surface area contributed by atoms with Crippen molar-refractivity contribution in [2.45, 2.75) is 5.92 Å². The van der Waals surface area contributed by atoms with Gasteiger partial charge >= 0.3 is 11.9 Å². The van der Waals surface area contributed by atoms with Gasteiger partial charge in [-0.25, -0.2) is 0 Å². The minimum absolute atomic E-state index is 0.557. The van der Waals surface area contributed by atoms with E-state index in [1.54, 1.807) is 48.5 Å². The van der Waals surface area contributed by atoms with Crippen LogP contribution in [0.5, 0.6) is 11.5 Å². The van der Waals surface area contributed by atoms with Gasteiger partial charge in [0.25, 0.3) is 0 Å². The Morgan fingerprint density at radius 1 is 1.05 bits per heavy atom. The Kier molecular flexibility index (Phi) is 3.55. The molecule has 22 heavy (non-hydrogen) atoms. The highest BCUT2D eigenvalue weighted by Crippen LogP contribution is 2.47. The molecule has 0 fully saturated rings. The predicted molar refractivity (Wildman–Crippen MR) is 77.9 cm³/mol. The molecule has 1 aliphatic rings. The summed E-state index contributed by atoms with van der Waals surface area (Å²) in [6, 6.07) is 14.3. The van der Waals surface area contributed by atoms with Crippen LogP contribution in [-0.2, 0) is 14.3 Å². The molecule has 1 heterocycles. The van der Waals surface area contributed by atoms with Crippen LogP contribution in [0.25, 0.3) is 0 Å². The molecule has 2 aromatic carbocycles. The first-order chi connectivity index (χ1) is 10.6. The fraction of sp³-hybridized carbons (Fsp3) is 0.176. The van der Waals surface area contributed by atoms with Crippen LogP contribution in [0.3, 0.4) is 0 Å². The molecular weight excluding hydrogens is 284 g/mol. The van der Waals surface area contributed by atoms with Crippen molar-refractivity contribution in [3.05, 3.63) is 59.7 Å². The van der Waals surface area contributed by atoms with Crippen LogP contribution in [0.2, 0.25) is 0 Å². The average Bonchev–Trinajstić information content (AvgIpc) is 2.54. The SMILES string of the molecule is COC(=O)C(C(=O)O)C1c2ccccc2Oc2ccccc21. The monoisotopic (exact) mass is 298 g/mol. The predicted octanol–water partition coefficient (Wildman–Crippen LogP) is 2.80. The maximum atomic E-state index is 12.0. The lowest BCUT2D eigenvalue weighted by Crippen LogP contribution is -2.33. The summed E-state index contributed by atoms with van der Waals surface area (Å²) in [5.41, 5.74) is 1.33. The Bertz CT molecular complexity index is 692. The molecule has 0 aliphatic carbocycles. The molecule has 0 saturated carbocycles. The molecule has 2 aromatic rings. The largest absolute Gasteiger partial charge is 0.481 e. The first-order valence-corrected chi connectivity index (χ1v) is 6.80. The van der Waals surface area contributed by atoms with E-state index in [0.29, 0.717) is 22.6 Å². The number of carboxylic acid groups (broad SMARTS) is 1. The van der Waals surface area contributed by atoms with Crippen molar-refractivity contribution in [2.75, 3.05) is 7.11 Å². The van der Waals surface area contributed by atoms with E-state index < -0.39 is 23.8 Å². The Morgan fingerprint density at radius 2 is 1.55 bits per heavy atom. The number of hydrogen-bond acceptors (Lipinski definition) is 4. The number of carboxylic acids is 1. The number of fused-ring (bicyclic) bond motifs is 2. The third-order valence-electron chi connectivity index (χ3n) is 3.78. The number of rotatable bonds is 3. The summed E-state index contributed by atoms with van der Waals surface area (Å²) < 4.78 is 10.5. The molecule has 1 atom stereocenters. The van der Waals surface area contributed by atoms with Gasteiger partial charge in [-0.1, -0.05) is 36.4 Å². The fourth-order valence-corrected chi connectivity index (χ4v) is 2.81. The van der Waals surface area contributed by atoms with Gasteiger partial charge in [0.05, 0.1) is 7.11 Å². The molecule has 112 valence electrons. The molecule has 5 heteroatoms. The second-order valence-corrected chi connectivity index (χ2v) is 4.99. The Morgan fingerprint density at radius 3 is 2.00 bits per heavy atom. The summed E-state index contributed by atoms with van der Waals surface area (Å²) in [6.07, 6.45) is 0. The molecular formula is C17H14O5. The van der Waals surface area contributed by atoms with E-state index in [9.17, 15) is 14.7 Å². The highest BCUT2D eigenvalue weighted by molar-refractivity contribution is 5.96. The number of hydrogen-bond donors (Lipinski definition) is 1. The summed E-state index contributed by atoms with van der Waals surface area (Å²) in [6.45, 7) is 0. The number of esters is 1. The topological polar surface area (TPSA) is 72.8 Å². The summed E-state index contributed by atoms with van der Waals surface area (Å²) in [5.74, 6) is -2.85. The number of carbonyl (C=O) groups is 2. The zero-order valence-corrected chi connectivity index (χ0v) is 11.9. The van der Waals surface area contributed by atoms with Gasteiger partial charge in [-0.05, 0) is 12.1 Å². The number of para-hydroxylation sites is 2. The van der Waals surface area contributed by atoms with Crippen LogP contribution < -0.4 is 4.74 Å². The number of aliphatic carboxylic acids is 1. The smallest absolute Gasteiger partial charge is 0.321 e. The fourth-order valence-electron chi connectivity index (χ4n) is 2.81. The van der Waals surface area contributed by atoms with Gasteiger partial charge in [-0.3, -0.25) is 9.59 Å². The molecule has 1 unspecified atom stereocenters. The highest BCUT2D eigenvalue weighted by atomic mass is 16.5. The Balaban J connectivity index is 2.21. The molecule has 0 saturated heterocycles. The summed E-state index contributed by atoms with van der Waals surface area (Å²) in [7, 11) is 1.19. The summed E-state index contributed by atoms with van der Waals surface area (Å²) in [4.78, 5) is 23.7. The van der Waals surface area contributed by atoms with Crippen molar-refractivity contribution < 1.29 is 24.2 Å². The van der Waals surface area contributed by atoms with Crippen molar-refractivity contribution in [1.29, 1.82) is 0 Å². The van der Waals surface area contributed by atoms with Gasteiger partial charge in [0, 0.05) is 17.0 Å². The zero-order chi connectivity index (χ0) is 15.7. The minimum atomic E-state index is -1.32. The zero-order valence-electron chi connectivity index (χ0n) is 11.9. The molecule has 1 aliphatic heterocycles. The van der Waals surface area contributed by atoms with E-state index in [-0.39, 0.29) is 0 Å². The lowest BCUT2D eigenvalue weighted by Gasteiger charge is -2.30. The van der Waals surface area contributed by atoms with Gasteiger partial charge < -0.3 is 14.6 Å². The number of methoxy groups -OCH3 is 1. The van der Waals surface area contributed by atoms with Crippen LogP contribution in [0, 0.1) is 5.92 Å². The van der Waals surface area contributed by atoms with Crippen LogP contribution in [0.1, 0.15) is 17.0 Å². The van der Waals surface area contributed by atoms with E-state index in [0.717, 1.165) is 0 Å². The van der Waals surface area contributed by atoms with Gasteiger partial charge in [-0.15, -0.1) is 0 Å². The Labute approximate surface area is 127 Å². The summed E-state index contributed by atoms with van der Waals surface area (Å²) >= 11 is 0. The average molecular weight is 298 g/mol. The van der Waals surface area contributed by atoms with Crippen molar-refractivity contribution in [1.82, 2.24) is 0 Å². The number of ether oxygens (including phenoxy) is 2. The molecule has 0 amide bonds. The first kappa shape index (κ1) is 14.1. The maximum Gasteiger partial charge on any atom is 0.321 e. The third kappa shape index (κ3) is 2.20. The van der Waals surface area contributed by atoms with Gasteiger partial charge in [0.15, 0.2) is 5.92 Å². The van der Waals surface area contributed by atoms with Gasteiger partial charge in [0.1, 0.15) is 11.5 Å². The second kappa shape index (κ2) is 5.52. The van der Waals surface area contributed by atoms with Crippen LogP contribution in [-0.4, -0.2) is 24.2 Å². The molecule has 5 nitrogen and oxygen atoms in total. The molecule has 0 bridgehead atoms. The van der Waals surface area contributed by atoms with Crippen LogP contribution >= 0.6 is 0 Å². The van der Waals surface area contributed by atoms with E-state index in [1.165, 1.54) is 7.11 Å². The number of carbonyl (C=O) groups excluding carboxylic acids is 1. The van der Waals surface area contributed by atoms with Crippen LogP contribution in [0.4, 0.5) is 0 Å². The highest BCUT2D eigenvalue weighted by Gasteiger charge is 2.42. The van der Waals surface area contributed by atoms with Crippen molar-refractivity contribution in [3.63, 3.8) is 0 Å². The maximum absolute atomic E-state index is 12.0. The standard InChI is InChI=1S/C17H14O5/c1-21-17(20)15(16(18)19)14-10-6-2-4-8-12(10)22-13-9-5-3-7-11(13)14/h2-9,14-15H,1H3,(H,18,19). The van der Waals surface area contributed by atoms with E-state index >= 15 is 0 Å². The van der Waals surface area contributed by atoms with E-state index in [4.69, 9.17) is 9.47 Å². The van der Waals surface area contributed by atoms with Gasteiger partial charge in [-0.2, -0.15) is 0 Å².